The van der Waals surface area contributed by atoms with Crippen molar-refractivity contribution in [2.45, 2.75) is 20.0 Å². The van der Waals surface area contributed by atoms with Crippen molar-refractivity contribution in [1.29, 1.82) is 0 Å². The Balaban J connectivity index is 1.46. The van der Waals surface area contributed by atoms with Crippen molar-refractivity contribution in [2.75, 3.05) is 13.2 Å². The molecule has 0 bridgehead atoms. The minimum Gasteiger partial charge on any atom is -0.485 e. The van der Waals surface area contributed by atoms with Crippen molar-refractivity contribution in [2.24, 2.45) is 0 Å². The van der Waals surface area contributed by atoms with Gasteiger partial charge in [-0.15, -0.1) is 0 Å². The van der Waals surface area contributed by atoms with E-state index in [2.05, 4.69) is 10.9 Å². The number of rotatable bonds is 4. The van der Waals surface area contributed by atoms with Crippen molar-refractivity contribution < 1.29 is 23.8 Å². The Morgan fingerprint density at radius 3 is 2.69 bits per heavy atom. The fourth-order valence-corrected chi connectivity index (χ4v) is 2.40. The maximum Gasteiger partial charge on any atom is 0.283 e. The second-order valence-corrected chi connectivity index (χ2v) is 5.96. The Kier molecular flexibility index (Phi) is 5.26. The first kappa shape index (κ1) is 17.6. The first-order valence-corrected chi connectivity index (χ1v) is 8.20. The van der Waals surface area contributed by atoms with Crippen molar-refractivity contribution in [1.82, 2.24) is 10.9 Å². The molecule has 26 heavy (non-hydrogen) atoms. The maximum absolute atomic E-state index is 12.1. The normalized spacial score (nSPS) is 15.1. The van der Waals surface area contributed by atoms with Crippen LogP contribution in [0.4, 0.5) is 0 Å². The van der Waals surface area contributed by atoms with E-state index in [-0.39, 0.29) is 13.2 Å². The third-order valence-corrected chi connectivity index (χ3v) is 3.83. The summed E-state index contributed by atoms with van der Waals surface area (Å²) < 4.78 is 16.5. The van der Waals surface area contributed by atoms with Gasteiger partial charge in [0.2, 0.25) is 6.10 Å². The molecule has 136 valence electrons. The van der Waals surface area contributed by atoms with Gasteiger partial charge >= 0.3 is 0 Å². The number of carbonyl (C=O) groups is 2. The number of amides is 2. The summed E-state index contributed by atoms with van der Waals surface area (Å²) in [6.07, 6.45) is -0.842. The van der Waals surface area contributed by atoms with Crippen molar-refractivity contribution >= 4 is 11.8 Å². The van der Waals surface area contributed by atoms with Gasteiger partial charge in [0.25, 0.3) is 11.8 Å². The molecule has 0 unspecified atom stereocenters. The maximum atomic E-state index is 12.1. The van der Waals surface area contributed by atoms with Gasteiger partial charge in [0.1, 0.15) is 12.4 Å². The SMILES string of the molecule is Cc1ccc(C)c(OCC(=O)NNC(=O)[C@@H]2COc3ccccc3O2)c1. The third-order valence-electron chi connectivity index (χ3n) is 3.83. The molecule has 2 N–H and O–H groups in total. The van der Waals surface area contributed by atoms with Gasteiger partial charge in [-0.2, -0.15) is 0 Å². The number of para-hydroxylation sites is 2. The second kappa shape index (κ2) is 7.77. The third kappa shape index (κ3) is 4.24. The molecule has 2 aromatic carbocycles. The Morgan fingerprint density at radius 1 is 1.12 bits per heavy atom. The van der Waals surface area contributed by atoms with Crippen LogP contribution >= 0.6 is 0 Å². The van der Waals surface area contributed by atoms with Gasteiger partial charge in [-0.05, 0) is 43.2 Å². The summed E-state index contributed by atoms with van der Waals surface area (Å²) in [5.41, 5.74) is 6.60. The molecule has 1 atom stereocenters. The highest BCUT2D eigenvalue weighted by atomic mass is 16.6. The molecule has 2 amide bonds. The first-order chi connectivity index (χ1) is 12.5. The molecule has 1 aliphatic rings. The van der Waals surface area contributed by atoms with Crippen LogP contribution in [0.15, 0.2) is 42.5 Å². The lowest BCUT2D eigenvalue weighted by atomic mass is 10.1. The standard InChI is InChI=1S/C19H20N2O5/c1-12-7-8-13(2)16(9-12)25-11-18(22)20-21-19(23)17-10-24-14-5-3-4-6-15(14)26-17/h3-9,17H,10-11H2,1-2H3,(H,20,22)(H,21,23)/t17-/m0/s1. The Bertz CT molecular complexity index is 821. The van der Waals surface area contributed by atoms with Gasteiger partial charge in [0.05, 0.1) is 0 Å². The summed E-state index contributed by atoms with van der Waals surface area (Å²) in [5, 5.41) is 0. The van der Waals surface area contributed by atoms with Crippen LogP contribution in [0, 0.1) is 13.8 Å². The van der Waals surface area contributed by atoms with E-state index in [1.807, 2.05) is 38.1 Å². The summed E-state index contributed by atoms with van der Waals surface area (Å²) in [4.78, 5) is 24.0. The molecular formula is C19H20N2O5. The van der Waals surface area contributed by atoms with Crippen LogP contribution < -0.4 is 25.1 Å². The number of carbonyl (C=O) groups excluding carboxylic acids is 2. The Hall–Kier alpha value is -3.22. The number of benzene rings is 2. The van der Waals surface area contributed by atoms with Crippen LogP contribution in [-0.2, 0) is 9.59 Å². The molecule has 0 radical (unpaired) electrons. The van der Waals surface area contributed by atoms with Gasteiger partial charge in [0.15, 0.2) is 18.1 Å². The predicted octanol–water partition coefficient (Wildman–Crippen LogP) is 1.67. The fraction of sp³-hybridized carbons (Fsp3) is 0.263. The van der Waals surface area contributed by atoms with E-state index in [0.717, 1.165) is 11.1 Å². The van der Waals surface area contributed by atoms with Gasteiger partial charge in [-0.25, -0.2) is 0 Å². The number of ether oxygens (including phenoxy) is 3. The highest BCUT2D eigenvalue weighted by molar-refractivity contribution is 5.85. The number of hydrogen-bond acceptors (Lipinski definition) is 5. The van der Waals surface area contributed by atoms with Crippen LogP contribution in [0.1, 0.15) is 11.1 Å². The molecule has 7 nitrogen and oxygen atoms in total. The smallest absolute Gasteiger partial charge is 0.283 e. The topological polar surface area (TPSA) is 85.9 Å². The summed E-state index contributed by atoms with van der Waals surface area (Å²) in [6, 6.07) is 12.8. The number of fused-ring (bicyclic) bond motifs is 1. The molecule has 1 aliphatic heterocycles. The molecule has 2 aromatic rings. The zero-order valence-electron chi connectivity index (χ0n) is 14.6. The quantitative estimate of drug-likeness (QED) is 0.814. The summed E-state index contributed by atoms with van der Waals surface area (Å²) in [5.74, 6) is 0.731. The zero-order chi connectivity index (χ0) is 18.5. The van der Waals surface area contributed by atoms with E-state index in [4.69, 9.17) is 14.2 Å². The minimum absolute atomic E-state index is 0.0672. The van der Waals surface area contributed by atoms with Gasteiger partial charge in [-0.1, -0.05) is 24.3 Å². The van der Waals surface area contributed by atoms with Crippen LogP contribution in [0.2, 0.25) is 0 Å². The van der Waals surface area contributed by atoms with Crippen LogP contribution in [0.3, 0.4) is 0 Å². The molecule has 0 fully saturated rings. The van der Waals surface area contributed by atoms with Crippen molar-refractivity contribution in [3.63, 3.8) is 0 Å². The predicted molar refractivity (Wildman–Crippen MR) is 94.0 cm³/mol. The fourth-order valence-electron chi connectivity index (χ4n) is 2.40. The molecule has 0 aliphatic carbocycles. The summed E-state index contributed by atoms with van der Waals surface area (Å²) in [6.45, 7) is 3.69. The molecule has 0 aromatic heterocycles. The van der Waals surface area contributed by atoms with Gasteiger partial charge < -0.3 is 14.2 Å². The lowest BCUT2D eigenvalue weighted by Gasteiger charge is -2.25. The van der Waals surface area contributed by atoms with Crippen LogP contribution in [0.5, 0.6) is 17.2 Å². The first-order valence-electron chi connectivity index (χ1n) is 8.20. The molecule has 0 spiro atoms. The summed E-state index contributed by atoms with van der Waals surface area (Å²) >= 11 is 0. The average Bonchev–Trinajstić information content (AvgIpc) is 2.66. The highest BCUT2D eigenvalue weighted by Crippen LogP contribution is 2.30. The number of nitrogens with one attached hydrogen (secondary N) is 2. The molecule has 0 saturated heterocycles. The largest absolute Gasteiger partial charge is 0.485 e. The van der Waals surface area contributed by atoms with E-state index in [0.29, 0.717) is 17.2 Å². The lowest BCUT2D eigenvalue weighted by Crippen LogP contribution is -2.51. The minimum atomic E-state index is -0.842. The molecule has 7 heteroatoms. The van der Waals surface area contributed by atoms with E-state index in [9.17, 15) is 9.59 Å². The monoisotopic (exact) mass is 356 g/mol. The lowest BCUT2D eigenvalue weighted by molar-refractivity contribution is -0.135. The molecule has 3 rings (SSSR count). The van der Waals surface area contributed by atoms with Crippen molar-refractivity contribution in [3.8, 4) is 17.2 Å². The van der Waals surface area contributed by atoms with Gasteiger partial charge in [0, 0.05) is 0 Å². The van der Waals surface area contributed by atoms with E-state index in [1.54, 1.807) is 18.2 Å². The van der Waals surface area contributed by atoms with E-state index in [1.165, 1.54) is 0 Å². The number of hydrogen-bond donors (Lipinski definition) is 2. The van der Waals surface area contributed by atoms with Crippen LogP contribution in [-0.4, -0.2) is 31.1 Å². The molecule has 1 heterocycles. The molecular weight excluding hydrogens is 336 g/mol. The van der Waals surface area contributed by atoms with Crippen LogP contribution in [0.25, 0.3) is 0 Å². The van der Waals surface area contributed by atoms with E-state index >= 15 is 0 Å². The van der Waals surface area contributed by atoms with E-state index < -0.39 is 17.9 Å². The second-order valence-electron chi connectivity index (χ2n) is 5.96. The molecule has 0 saturated carbocycles. The number of aryl methyl sites for hydroxylation is 2. The Morgan fingerprint density at radius 2 is 1.88 bits per heavy atom. The average molecular weight is 356 g/mol. The highest BCUT2D eigenvalue weighted by Gasteiger charge is 2.27. The van der Waals surface area contributed by atoms with Gasteiger partial charge in [-0.3, -0.25) is 20.4 Å². The van der Waals surface area contributed by atoms with Crippen molar-refractivity contribution in [3.05, 3.63) is 53.6 Å². The Labute approximate surface area is 151 Å². The number of hydrazine groups is 1. The zero-order valence-corrected chi connectivity index (χ0v) is 14.6. The summed E-state index contributed by atoms with van der Waals surface area (Å²) in [7, 11) is 0.